The highest BCUT2D eigenvalue weighted by atomic mass is 32.1. The van der Waals surface area contributed by atoms with Gasteiger partial charge >= 0.3 is 5.97 Å². The van der Waals surface area contributed by atoms with E-state index in [2.05, 4.69) is 14.2 Å². The van der Waals surface area contributed by atoms with Crippen molar-refractivity contribution in [3.05, 3.63) is 5.38 Å². The monoisotopic (exact) mass is 230 g/mol. The van der Waals surface area contributed by atoms with E-state index in [1.54, 1.807) is 11.3 Å². The number of carbonyl (C=O) groups is 1. The summed E-state index contributed by atoms with van der Waals surface area (Å²) < 4.78 is 0. The molecule has 2 rings (SSSR count). The molecule has 0 saturated carbocycles. The molecule has 0 amide bonds. The van der Waals surface area contributed by atoms with Crippen molar-refractivity contribution >= 4 is 37.1 Å². The molecule has 2 atom stereocenters. The Bertz CT molecular complexity index is 355. The van der Waals surface area contributed by atoms with E-state index in [0.29, 0.717) is 6.54 Å². The van der Waals surface area contributed by atoms with E-state index in [-0.39, 0.29) is 5.92 Å². The lowest BCUT2D eigenvalue weighted by atomic mass is 10.1. The van der Waals surface area contributed by atoms with Crippen LogP contribution in [0.5, 0.6) is 0 Å². The van der Waals surface area contributed by atoms with Gasteiger partial charge in [0, 0.05) is 18.5 Å². The second kappa shape index (κ2) is 3.83. The minimum atomic E-state index is -0.699. The number of aliphatic carboxylic acids is 1. The van der Waals surface area contributed by atoms with Gasteiger partial charge in [-0.2, -0.15) is 0 Å². The third kappa shape index (κ3) is 1.88. The van der Waals surface area contributed by atoms with Gasteiger partial charge in [0.05, 0.1) is 11.4 Å². The molecule has 0 radical (unpaired) electrons. The van der Waals surface area contributed by atoms with E-state index in [1.165, 1.54) is 0 Å². The van der Waals surface area contributed by atoms with Crippen molar-refractivity contribution in [1.29, 1.82) is 0 Å². The standard InChI is InChI=1S/C8H11N2O2PS/c11-7(12)5-1-2-10(3-5)8-9-6(13)4-14-8/h4-5H,1-3,13H2,(H,11,12). The molecular formula is C8H11N2O2PS. The van der Waals surface area contributed by atoms with E-state index in [0.717, 1.165) is 23.5 Å². The van der Waals surface area contributed by atoms with Crippen LogP contribution in [0, 0.1) is 5.92 Å². The second-order valence-corrected chi connectivity index (χ2v) is 4.75. The molecule has 0 aliphatic carbocycles. The van der Waals surface area contributed by atoms with Crippen LogP contribution in [0.25, 0.3) is 0 Å². The van der Waals surface area contributed by atoms with Gasteiger partial charge in [-0.3, -0.25) is 4.79 Å². The fourth-order valence-electron chi connectivity index (χ4n) is 1.56. The highest BCUT2D eigenvalue weighted by Crippen LogP contribution is 2.25. The van der Waals surface area contributed by atoms with Gasteiger partial charge < -0.3 is 10.0 Å². The summed E-state index contributed by atoms with van der Waals surface area (Å²) >= 11 is 1.56. The van der Waals surface area contributed by atoms with Gasteiger partial charge in [0.25, 0.3) is 0 Å². The summed E-state index contributed by atoms with van der Waals surface area (Å²) in [6.07, 6.45) is 0.723. The van der Waals surface area contributed by atoms with Crippen LogP contribution in [-0.4, -0.2) is 29.1 Å². The average molecular weight is 230 g/mol. The fraction of sp³-hybridized carbons (Fsp3) is 0.500. The zero-order valence-electron chi connectivity index (χ0n) is 7.51. The Balaban J connectivity index is 2.05. The van der Waals surface area contributed by atoms with Gasteiger partial charge in [0.15, 0.2) is 5.13 Å². The Hall–Kier alpha value is -0.670. The smallest absolute Gasteiger partial charge is 0.308 e. The molecule has 2 unspecified atom stereocenters. The summed E-state index contributed by atoms with van der Waals surface area (Å²) in [5.41, 5.74) is 0.920. The van der Waals surface area contributed by atoms with Crippen LogP contribution in [0.2, 0.25) is 0 Å². The zero-order chi connectivity index (χ0) is 10.1. The lowest BCUT2D eigenvalue weighted by molar-refractivity contribution is -0.140. The summed E-state index contributed by atoms with van der Waals surface area (Å²) in [5.74, 6) is -0.929. The summed E-state index contributed by atoms with van der Waals surface area (Å²) in [4.78, 5) is 17.1. The topological polar surface area (TPSA) is 53.4 Å². The Labute approximate surface area is 88.2 Å². The zero-order valence-corrected chi connectivity index (χ0v) is 9.48. The second-order valence-electron chi connectivity index (χ2n) is 3.32. The highest BCUT2D eigenvalue weighted by molar-refractivity contribution is 7.29. The number of carboxylic acid groups (broad SMARTS) is 1. The maximum absolute atomic E-state index is 10.7. The van der Waals surface area contributed by atoms with Gasteiger partial charge in [-0.25, -0.2) is 4.98 Å². The van der Waals surface area contributed by atoms with E-state index < -0.39 is 5.97 Å². The maximum Gasteiger partial charge on any atom is 0.308 e. The van der Waals surface area contributed by atoms with E-state index in [4.69, 9.17) is 5.11 Å². The summed E-state index contributed by atoms with van der Waals surface area (Å²) in [6, 6.07) is 0. The molecule has 4 nitrogen and oxygen atoms in total. The van der Waals surface area contributed by atoms with Crippen molar-refractivity contribution in [2.45, 2.75) is 6.42 Å². The Morgan fingerprint density at radius 1 is 1.79 bits per heavy atom. The first-order valence-corrected chi connectivity index (χ1v) is 5.81. The molecule has 1 aromatic rings. The molecule has 1 aliphatic rings. The van der Waals surface area contributed by atoms with Gasteiger partial charge in [0.1, 0.15) is 0 Å². The third-order valence-electron chi connectivity index (χ3n) is 2.32. The number of hydrogen-bond acceptors (Lipinski definition) is 4. The van der Waals surface area contributed by atoms with E-state index in [9.17, 15) is 4.79 Å². The molecule has 2 heterocycles. The first-order valence-electron chi connectivity index (χ1n) is 4.35. The van der Waals surface area contributed by atoms with Crippen molar-refractivity contribution in [3.8, 4) is 0 Å². The Morgan fingerprint density at radius 3 is 3.07 bits per heavy atom. The molecule has 1 fully saturated rings. The number of rotatable bonds is 2. The molecule has 1 saturated heterocycles. The molecule has 0 spiro atoms. The van der Waals surface area contributed by atoms with Crippen molar-refractivity contribution in [2.75, 3.05) is 18.0 Å². The summed E-state index contributed by atoms with van der Waals surface area (Å²) in [5, 5.41) is 11.7. The number of thiazole rings is 1. The highest BCUT2D eigenvalue weighted by Gasteiger charge is 2.29. The van der Waals surface area contributed by atoms with Crippen molar-refractivity contribution in [1.82, 2.24) is 4.98 Å². The van der Waals surface area contributed by atoms with Crippen LogP contribution in [0.4, 0.5) is 5.13 Å². The number of aromatic nitrogens is 1. The molecular weight excluding hydrogens is 219 g/mol. The quantitative estimate of drug-likeness (QED) is 0.754. The molecule has 0 bridgehead atoms. The number of carboxylic acids is 1. The Morgan fingerprint density at radius 2 is 2.57 bits per heavy atom. The van der Waals surface area contributed by atoms with Gasteiger partial charge in [-0.1, -0.05) is 9.24 Å². The number of anilines is 1. The fourth-order valence-corrected chi connectivity index (χ4v) is 2.73. The predicted molar refractivity (Wildman–Crippen MR) is 59.4 cm³/mol. The van der Waals surface area contributed by atoms with Gasteiger partial charge in [-0.15, -0.1) is 11.3 Å². The van der Waals surface area contributed by atoms with Crippen LogP contribution < -0.4 is 10.3 Å². The number of hydrogen-bond donors (Lipinski definition) is 1. The first kappa shape index (κ1) is 9.87. The van der Waals surface area contributed by atoms with Crippen LogP contribution in [0.3, 0.4) is 0 Å². The largest absolute Gasteiger partial charge is 0.481 e. The Kier molecular flexibility index (Phi) is 2.70. The van der Waals surface area contributed by atoms with Crippen LogP contribution in [-0.2, 0) is 4.79 Å². The van der Waals surface area contributed by atoms with Crippen LogP contribution in [0.15, 0.2) is 5.38 Å². The average Bonchev–Trinajstić information content (AvgIpc) is 2.70. The maximum atomic E-state index is 10.7. The third-order valence-corrected chi connectivity index (χ3v) is 3.77. The van der Waals surface area contributed by atoms with Crippen LogP contribution in [0.1, 0.15) is 6.42 Å². The van der Waals surface area contributed by atoms with E-state index in [1.807, 2.05) is 10.3 Å². The molecule has 0 aromatic carbocycles. The summed E-state index contributed by atoms with van der Waals surface area (Å²) in [7, 11) is 2.54. The van der Waals surface area contributed by atoms with Gasteiger partial charge in [-0.05, 0) is 6.42 Å². The molecule has 6 heteroatoms. The van der Waals surface area contributed by atoms with Crippen LogP contribution >= 0.6 is 20.6 Å². The lowest BCUT2D eigenvalue weighted by Crippen LogP contribution is -2.22. The minimum absolute atomic E-state index is 0.230. The number of nitrogens with zero attached hydrogens (tertiary/aromatic N) is 2. The van der Waals surface area contributed by atoms with Crippen molar-refractivity contribution < 1.29 is 9.90 Å². The molecule has 76 valence electrons. The molecule has 1 N–H and O–H groups in total. The van der Waals surface area contributed by atoms with Crippen molar-refractivity contribution in [3.63, 3.8) is 0 Å². The molecule has 1 aliphatic heterocycles. The lowest BCUT2D eigenvalue weighted by Gasteiger charge is -2.13. The van der Waals surface area contributed by atoms with Crippen molar-refractivity contribution in [2.24, 2.45) is 5.92 Å². The molecule has 14 heavy (non-hydrogen) atoms. The predicted octanol–water partition coefficient (Wildman–Crippen LogP) is 0.554. The summed E-state index contributed by atoms with van der Waals surface area (Å²) in [6.45, 7) is 1.39. The molecule has 1 aromatic heterocycles. The SMILES string of the molecule is O=C(O)C1CCN(c2nc(P)cs2)C1. The van der Waals surface area contributed by atoms with Gasteiger partial charge in [0.2, 0.25) is 0 Å². The normalized spacial score (nSPS) is 21.5. The van der Waals surface area contributed by atoms with E-state index >= 15 is 0 Å². The first-order chi connectivity index (χ1) is 6.66. The minimum Gasteiger partial charge on any atom is -0.481 e.